The summed E-state index contributed by atoms with van der Waals surface area (Å²) in [6.07, 6.45) is -3.48. The van der Waals surface area contributed by atoms with E-state index in [0.29, 0.717) is 11.3 Å². The molecule has 0 aliphatic heterocycles. The molecule has 0 amide bonds. The van der Waals surface area contributed by atoms with Gasteiger partial charge in [0.15, 0.2) is 0 Å². The lowest BCUT2D eigenvalue weighted by molar-refractivity contribution is -0.139. The number of anilines is 1. The Morgan fingerprint density at radius 1 is 1.08 bits per heavy atom. The molecule has 0 spiro atoms. The number of hydrogen-bond acceptors (Lipinski definition) is 5. The molecule has 7 nitrogen and oxygen atoms in total. The highest BCUT2D eigenvalue weighted by molar-refractivity contribution is 7.92. The third-order valence-electron chi connectivity index (χ3n) is 3.63. The molecule has 0 saturated carbocycles. The minimum atomic E-state index is -4.80. The molecular formula is C15H12F3N5O2S. The zero-order valence-corrected chi connectivity index (χ0v) is 14.1. The molecule has 11 heteroatoms. The zero-order chi connectivity index (χ0) is 18.9. The molecule has 0 aliphatic rings. The second-order valence-corrected chi connectivity index (χ2v) is 6.95. The van der Waals surface area contributed by atoms with E-state index in [0.717, 1.165) is 18.2 Å². The van der Waals surface area contributed by atoms with Crippen molar-refractivity contribution in [1.29, 1.82) is 0 Å². The van der Waals surface area contributed by atoms with Crippen LogP contribution in [0.15, 0.2) is 53.7 Å². The number of tetrazole rings is 1. The van der Waals surface area contributed by atoms with Gasteiger partial charge in [0.2, 0.25) is 0 Å². The van der Waals surface area contributed by atoms with E-state index < -0.39 is 26.7 Å². The van der Waals surface area contributed by atoms with Crippen molar-refractivity contribution < 1.29 is 21.6 Å². The van der Waals surface area contributed by atoms with Gasteiger partial charge in [0, 0.05) is 0 Å². The van der Waals surface area contributed by atoms with Gasteiger partial charge in [0.25, 0.3) is 10.0 Å². The summed E-state index contributed by atoms with van der Waals surface area (Å²) in [6, 6.07) is 8.62. The summed E-state index contributed by atoms with van der Waals surface area (Å²) in [4.78, 5) is -0.847. The number of nitrogens with one attached hydrogen (secondary N) is 1. The molecule has 0 atom stereocenters. The van der Waals surface area contributed by atoms with E-state index >= 15 is 0 Å². The molecule has 26 heavy (non-hydrogen) atoms. The Bertz CT molecular complexity index is 1030. The van der Waals surface area contributed by atoms with E-state index in [4.69, 9.17) is 0 Å². The molecule has 0 bridgehead atoms. The summed E-state index contributed by atoms with van der Waals surface area (Å²) in [5, 5.41) is 10.7. The average molecular weight is 383 g/mol. The first kappa shape index (κ1) is 17.9. The Kier molecular flexibility index (Phi) is 4.40. The lowest BCUT2D eigenvalue weighted by Gasteiger charge is -2.16. The van der Waals surface area contributed by atoms with Crippen molar-refractivity contribution in [1.82, 2.24) is 20.2 Å². The molecule has 136 valence electrons. The quantitative estimate of drug-likeness (QED) is 0.748. The Labute approximate surface area is 146 Å². The zero-order valence-electron chi connectivity index (χ0n) is 13.3. The van der Waals surface area contributed by atoms with Gasteiger partial charge in [-0.3, -0.25) is 4.72 Å². The molecule has 3 aromatic rings. The molecule has 1 heterocycles. The van der Waals surface area contributed by atoms with Crippen LogP contribution in [0.3, 0.4) is 0 Å². The standard InChI is InChI=1S/C15H12F3N5O2S/c1-10-12(6-4-7-13(10)23-9-19-21-22-23)20-26(24,25)14-8-3-2-5-11(14)15(16,17)18/h2-9,20H,1H3. The maximum absolute atomic E-state index is 13.1. The van der Waals surface area contributed by atoms with Crippen LogP contribution in [0.1, 0.15) is 11.1 Å². The van der Waals surface area contributed by atoms with Crippen LogP contribution in [0.5, 0.6) is 0 Å². The first-order chi connectivity index (χ1) is 12.2. The van der Waals surface area contributed by atoms with Crippen LogP contribution in [-0.2, 0) is 16.2 Å². The van der Waals surface area contributed by atoms with E-state index in [9.17, 15) is 21.6 Å². The lowest BCUT2D eigenvalue weighted by atomic mass is 10.1. The van der Waals surface area contributed by atoms with Gasteiger partial charge >= 0.3 is 6.18 Å². The van der Waals surface area contributed by atoms with Gasteiger partial charge in [-0.2, -0.15) is 13.2 Å². The first-order valence-electron chi connectivity index (χ1n) is 7.22. The predicted octanol–water partition coefficient (Wildman–Crippen LogP) is 2.79. The molecular weight excluding hydrogens is 371 g/mol. The summed E-state index contributed by atoms with van der Waals surface area (Å²) >= 11 is 0. The van der Waals surface area contributed by atoms with Crippen molar-refractivity contribution in [2.45, 2.75) is 18.0 Å². The molecule has 1 aromatic heterocycles. The van der Waals surface area contributed by atoms with Gasteiger partial charge in [-0.05, 0) is 47.2 Å². The topological polar surface area (TPSA) is 89.8 Å². The molecule has 0 saturated heterocycles. The minimum Gasteiger partial charge on any atom is -0.279 e. The molecule has 1 N–H and O–H groups in total. The molecule has 2 aromatic carbocycles. The fourth-order valence-corrected chi connectivity index (χ4v) is 3.74. The fraction of sp³-hybridized carbons (Fsp3) is 0.133. The van der Waals surface area contributed by atoms with Crippen LogP contribution in [0.25, 0.3) is 5.69 Å². The van der Waals surface area contributed by atoms with E-state index in [-0.39, 0.29) is 5.69 Å². The van der Waals surface area contributed by atoms with Gasteiger partial charge in [-0.25, -0.2) is 13.1 Å². The summed E-state index contributed by atoms with van der Waals surface area (Å²) in [5.74, 6) is 0. The number of hydrogen-bond donors (Lipinski definition) is 1. The first-order valence-corrected chi connectivity index (χ1v) is 8.70. The number of alkyl halides is 3. The highest BCUT2D eigenvalue weighted by Gasteiger charge is 2.37. The van der Waals surface area contributed by atoms with Crippen LogP contribution in [0, 0.1) is 6.92 Å². The number of halogens is 3. The molecule has 0 radical (unpaired) electrons. The predicted molar refractivity (Wildman–Crippen MR) is 86.1 cm³/mol. The molecule has 3 rings (SSSR count). The molecule has 0 fully saturated rings. The third kappa shape index (κ3) is 3.38. The average Bonchev–Trinajstić information content (AvgIpc) is 3.10. The summed E-state index contributed by atoms with van der Waals surface area (Å²) in [6.45, 7) is 1.60. The SMILES string of the molecule is Cc1c(NS(=O)(=O)c2ccccc2C(F)(F)F)cccc1-n1cnnn1. The van der Waals surface area contributed by atoms with Gasteiger partial charge < -0.3 is 0 Å². The Morgan fingerprint density at radius 2 is 1.81 bits per heavy atom. The number of sulfonamides is 1. The Balaban J connectivity index is 2.04. The smallest absolute Gasteiger partial charge is 0.279 e. The lowest BCUT2D eigenvalue weighted by Crippen LogP contribution is -2.19. The maximum atomic E-state index is 13.1. The van der Waals surface area contributed by atoms with Gasteiger partial charge in [0.05, 0.1) is 21.8 Å². The number of nitrogens with zero attached hydrogens (tertiary/aromatic N) is 4. The van der Waals surface area contributed by atoms with Crippen LogP contribution >= 0.6 is 0 Å². The second-order valence-electron chi connectivity index (χ2n) is 5.30. The van der Waals surface area contributed by atoms with Crippen molar-refractivity contribution in [3.8, 4) is 5.69 Å². The fourth-order valence-electron chi connectivity index (χ4n) is 2.39. The molecule has 0 aliphatic carbocycles. The minimum absolute atomic E-state index is 0.120. The highest BCUT2D eigenvalue weighted by atomic mass is 32.2. The number of rotatable bonds is 4. The van der Waals surface area contributed by atoms with Gasteiger partial charge in [-0.15, -0.1) is 5.10 Å². The van der Waals surface area contributed by atoms with E-state index in [2.05, 4.69) is 20.2 Å². The maximum Gasteiger partial charge on any atom is 0.417 e. The third-order valence-corrected chi connectivity index (χ3v) is 5.05. The second kappa shape index (κ2) is 6.41. The van der Waals surface area contributed by atoms with E-state index in [1.807, 2.05) is 0 Å². The van der Waals surface area contributed by atoms with Crippen molar-refractivity contribution in [3.63, 3.8) is 0 Å². The Morgan fingerprint density at radius 3 is 2.46 bits per heavy atom. The summed E-state index contributed by atoms with van der Waals surface area (Å²) < 4.78 is 68.0. The largest absolute Gasteiger partial charge is 0.417 e. The van der Waals surface area contributed by atoms with Crippen molar-refractivity contribution in [2.75, 3.05) is 4.72 Å². The van der Waals surface area contributed by atoms with Gasteiger partial charge in [0.1, 0.15) is 6.33 Å². The van der Waals surface area contributed by atoms with Crippen LogP contribution in [0.4, 0.5) is 18.9 Å². The van der Waals surface area contributed by atoms with Crippen LogP contribution in [-0.4, -0.2) is 28.6 Å². The van der Waals surface area contributed by atoms with E-state index in [1.54, 1.807) is 13.0 Å². The van der Waals surface area contributed by atoms with Crippen molar-refractivity contribution in [2.24, 2.45) is 0 Å². The van der Waals surface area contributed by atoms with Gasteiger partial charge in [-0.1, -0.05) is 18.2 Å². The number of benzene rings is 2. The highest BCUT2D eigenvalue weighted by Crippen LogP contribution is 2.35. The van der Waals surface area contributed by atoms with E-state index in [1.165, 1.54) is 29.2 Å². The summed E-state index contributed by atoms with van der Waals surface area (Å²) in [7, 11) is -4.47. The molecule has 0 unspecified atom stereocenters. The Hall–Kier alpha value is -2.95. The monoisotopic (exact) mass is 383 g/mol. The van der Waals surface area contributed by atoms with Crippen molar-refractivity contribution in [3.05, 3.63) is 59.9 Å². The van der Waals surface area contributed by atoms with Crippen LogP contribution in [0.2, 0.25) is 0 Å². The summed E-state index contributed by atoms with van der Waals surface area (Å²) in [5.41, 5.74) is -0.177. The van der Waals surface area contributed by atoms with Crippen molar-refractivity contribution >= 4 is 15.7 Å². The number of aromatic nitrogens is 4. The normalized spacial score (nSPS) is 12.2. The van der Waals surface area contributed by atoms with Crippen LogP contribution < -0.4 is 4.72 Å².